The highest BCUT2D eigenvalue weighted by molar-refractivity contribution is 5.94. The number of nitrogens with one attached hydrogen (secondary N) is 1. The van der Waals surface area contributed by atoms with Crippen LogP contribution in [0.3, 0.4) is 0 Å². The van der Waals surface area contributed by atoms with E-state index in [1.165, 1.54) is 19.3 Å². The van der Waals surface area contributed by atoms with Crippen molar-refractivity contribution >= 4 is 11.7 Å². The Morgan fingerprint density at radius 1 is 1.13 bits per heavy atom. The first-order valence-electron chi connectivity index (χ1n) is 8.56. The zero-order valence-electron chi connectivity index (χ0n) is 14.1. The molecule has 0 unspecified atom stereocenters. The van der Waals surface area contributed by atoms with Gasteiger partial charge >= 0.3 is 6.03 Å². The van der Waals surface area contributed by atoms with Crippen molar-refractivity contribution in [2.24, 2.45) is 0 Å². The summed E-state index contributed by atoms with van der Waals surface area (Å²) in [6, 6.07) is 4.15. The fourth-order valence-corrected chi connectivity index (χ4v) is 3.64. The summed E-state index contributed by atoms with van der Waals surface area (Å²) in [6.45, 7) is 0.738. The van der Waals surface area contributed by atoms with Gasteiger partial charge in [-0.2, -0.15) is 0 Å². The summed E-state index contributed by atoms with van der Waals surface area (Å²) >= 11 is 0. The monoisotopic (exact) mass is 318 g/mol. The smallest absolute Gasteiger partial charge is 0.322 e. The van der Waals surface area contributed by atoms with Gasteiger partial charge in [-0.25, -0.2) is 4.79 Å². The van der Waals surface area contributed by atoms with E-state index in [-0.39, 0.29) is 6.03 Å². The van der Waals surface area contributed by atoms with Crippen LogP contribution in [0.25, 0.3) is 0 Å². The molecule has 1 aromatic rings. The maximum absolute atomic E-state index is 12.8. The zero-order valence-corrected chi connectivity index (χ0v) is 14.1. The minimum Gasteiger partial charge on any atom is -0.497 e. The summed E-state index contributed by atoms with van der Waals surface area (Å²) in [7, 11) is 3.30. The lowest BCUT2D eigenvalue weighted by Crippen LogP contribution is -2.47. The fourth-order valence-electron chi connectivity index (χ4n) is 3.64. The van der Waals surface area contributed by atoms with Gasteiger partial charge < -0.3 is 14.8 Å². The maximum Gasteiger partial charge on any atom is 0.322 e. The van der Waals surface area contributed by atoms with Crippen LogP contribution in [-0.2, 0) is 6.42 Å². The Morgan fingerprint density at radius 2 is 1.91 bits per heavy atom. The average Bonchev–Trinajstić information content (AvgIpc) is 2.60. The molecule has 2 aliphatic rings. The van der Waals surface area contributed by atoms with Gasteiger partial charge in [-0.15, -0.1) is 0 Å². The predicted molar refractivity (Wildman–Crippen MR) is 90.6 cm³/mol. The quantitative estimate of drug-likeness (QED) is 0.928. The normalized spacial score (nSPS) is 18.3. The van der Waals surface area contributed by atoms with Crippen LogP contribution >= 0.6 is 0 Å². The Balaban J connectivity index is 1.83. The highest BCUT2D eigenvalue weighted by Gasteiger charge is 2.27. The average molecular weight is 318 g/mol. The lowest BCUT2D eigenvalue weighted by molar-refractivity contribution is 0.237. The van der Waals surface area contributed by atoms with E-state index in [9.17, 15) is 4.79 Å². The van der Waals surface area contributed by atoms with Crippen LogP contribution in [0.4, 0.5) is 10.5 Å². The summed E-state index contributed by atoms with van der Waals surface area (Å²) < 4.78 is 10.9. The van der Waals surface area contributed by atoms with Crippen molar-refractivity contribution in [1.29, 1.82) is 0 Å². The Bertz CT molecular complexity index is 568. The van der Waals surface area contributed by atoms with Gasteiger partial charge in [-0.05, 0) is 25.7 Å². The van der Waals surface area contributed by atoms with Crippen LogP contribution in [0, 0.1) is 0 Å². The standard InChI is InChI=1S/C18H26N2O3/c1-22-14-11-16-15(17(12-14)23-2)9-6-10-20(16)18(21)19-13-7-4-3-5-8-13/h11-13H,3-10H2,1-2H3,(H,19,21). The van der Waals surface area contributed by atoms with Crippen molar-refractivity contribution in [3.8, 4) is 11.5 Å². The van der Waals surface area contributed by atoms with E-state index >= 15 is 0 Å². The second kappa shape index (κ2) is 7.11. The van der Waals surface area contributed by atoms with Gasteiger partial charge in [0.2, 0.25) is 0 Å². The van der Waals surface area contributed by atoms with Gasteiger partial charge in [-0.3, -0.25) is 4.90 Å². The molecule has 0 aromatic heterocycles. The molecule has 3 rings (SSSR count). The van der Waals surface area contributed by atoms with E-state index in [1.54, 1.807) is 14.2 Å². The first kappa shape index (κ1) is 16.0. The lowest BCUT2D eigenvalue weighted by Gasteiger charge is -2.33. The summed E-state index contributed by atoms with van der Waals surface area (Å²) in [5.41, 5.74) is 2.01. The van der Waals surface area contributed by atoms with E-state index in [0.29, 0.717) is 6.04 Å². The summed E-state index contributed by atoms with van der Waals surface area (Å²) in [6.07, 6.45) is 7.77. The highest BCUT2D eigenvalue weighted by atomic mass is 16.5. The number of hydrogen-bond acceptors (Lipinski definition) is 3. The molecule has 0 saturated heterocycles. The van der Waals surface area contributed by atoms with E-state index in [1.807, 2.05) is 17.0 Å². The van der Waals surface area contributed by atoms with Crippen LogP contribution in [0.2, 0.25) is 0 Å². The third kappa shape index (κ3) is 3.38. The maximum atomic E-state index is 12.8. The number of rotatable bonds is 3. The van der Waals surface area contributed by atoms with Gasteiger partial charge in [0.25, 0.3) is 0 Å². The number of ether oxygens (including phenoxy) is 2. The third-order valence-corrected chi connectivity index (χ3v) is 4.89. The molecule has 2 amide bonds. The first-order chi connectivity index (χ1) is 11.2. The van der Waals surface area contributed by atoms with Crippen molar-refractivity contribution in [3.05, 3.63) is 17.7 Å². The summed E-state index contributed by atoms with van der Waals surface area (Å²) in [4.78, 5) is 14.6. The fraction of sp³-hybridized carbons (Fsp3) is 0.611. The van der Waals surface area contributed by atoms with Crippen molar-refractivity contribution in [3.63, 3.8) is 0 Å². The van der Waals surface area contributed by atoms with Gasteiger partial charge in [0.05, 0.1) is 19.9 Å². The SMILES string of the molecule is COc1cc(OC)c2c(c1)N(C(=O)NC1CCCCC1)CCC2. The minimum atomic E-state index is 0.00755. The Labute approximate surface area is 137 Å². The Hall–Kier alpha value is -1.91. The number of methoxy groups -OCH3 is 2. The molecule has 5 nitrogen and oxygen atoms in total. The largest absolute Gasteiger partial charge is 0.497 e. The number of amides is 2. The van der Waals surface area contributed by atoms with E-state index in [0.717, 1.165) is 55.0 Å². The topological polar surface area (TPSA) is 50.8 Å². The molecule has 1 aliphatic carbocycles. The molecule has 0 bridgehead atoms. The van der Waals surface area contributed by atoms with Crippen LogP contribution < -0.4 is 19.7 Å². The summed E-state index contributed by atoms with van der Waals surface area (Å²) in [5.74, 6) is 1.52. The molecule has 0 atom stereocenters. The van der Waals surface area contributed by atoms with Gasteiger partial charge in [0, 0.05) is 30.3 Å². The third-order valence-electron chi connectivity index (χ3n) is 4.89. The first-order valence-corrected chi connectivity index (χ1v) is 8.56. The second-order valence-corrected chi connectivity index (χ2v) is 6.37. The molecule has 126 valence electrons. The van der Waals surface area contributed by atoms with E-state index in [2.05, 4.69) is 5.32 Å². The van der Waals surface area contributed by atoms with Crippen LogP contribution in [-0.4, -0.2) is 32.8 Å². The number of anilines is 1. The number of benzene rings is 1. The second-order valence-electron chi connectivity index (χ2n) is 6.37. The van der Waals surface area contributed by atoms with Crippen LogP contribution in [0.15, 0.2) is 12.1 Å². The molecule has 1 saturated carbocycles. The molecule has 5 heteroatoms. The molecule has 1 aliphatic heterocycles. The number of carbonyl (C=O) groups is 1. The van der Waals surface area contributed by atoms with Gasteiger partial charge in [0.1, 0.15) is 11.5 Å². The molecule has 1 aromatic carbocycles. The molecular weight excluding hydrogens is 292 g/mol. The van der Waals surface area contributed by atoms with Gasteiger partial charge in [0.15, 0.2) is 0 Å². The molecule has 23 heavy (non-hydrogen) atoms. The van der Waals surface area contributed by atoms with Crippen LogP contribution in [0.5, 0.6) is 11.5 Å². The van der Waals surface area contributed by atoms with Crippen molar-refractivity contribution < 1.29 is 14.3 Å². The lowest BCUT2D eigenvalue weighted by atomic mass is 9.95. The molecule has 1 N–H and O–H groups in total. The van der Waals surface area contributed by atoms with Crippen molar-refractivity contribution in [1.82, 2.24) is 5.32 Å². The number of fused-ring (bicyclic) bond motifs is 1. The number of urea groups is 1. The molecule has 0 spiro atoms. The number of nitrogens with zero attached hydrogens (tertiary/aromatic N) is 1. The predicted octanol–water partition coefficient (Wildman–Crippen LogP) is 3.50. The molecule has 0 radical (unpaired) electrons. The van der Waals surface area contributed by atoms with E-state index < -0.39 is 0 Å². The van der Waals surface area contributed by atoms with Crippen molar-refractivity contribution in [2.75, 3.05) is 25.7 Å². The van der Waals surface area contributed by atoms with Gasteiger partial charge in [-0.1, -0.05) is 19.3 Å². The molecule has 1 heterocycles. The minimum absolute atomic E-state index is 0.00755. The Kier molecular flexibility index (Phi) is 4.94. The van der Waals surface area contributed by atoms with Crippen LogP contribution in [0.1, 0.15) is 44.1 Å². The molecular formula is C18H26N2O3. The number of hydrogen-bond donors (Lipinski definition) is 1. The Morgan fingerprint density at radius 3 is 2.61 bits per heavy atom. The molecule has 1 fully saturated rings. The zero-order chi connectivity index (χ0) is 16.2. The van der Waals surface area contributed by atoms with Crippen molar-refractivity contribution in [2.45, 2.75) is 51.0 Å². The van der Waals surface area contributed by atoms with E-state index in [4.69, 9.17) is 9.47 Å². The summed E-state index contributed by atoms with van der Waals surface area (Å²) in [5, 5.41) is 3.21. The number of carbonyl (C=O) groups excluding carboxylic acids is 1. The highest BCUT2D eigenvalue weighted by Crippen LogP contribution is 2.38.